The first-order valence-electron chi connectivity index (χ1n) is 6.61. The fraction of sp³-hybridized carbons (Fsp3) is 0.333. The molecule has 1 unspecified atom stereocenters. The van der Waals surface area contributed by atoms with Gasteiger partial charge in [0.05, 0.1) is 6.54 Å². The Morgan fingerprint density at radius 3 is 3.05 bits per heavy atom. The summed E-state index contributed by atoms with van der Waals surface area (Å²) in [5.41, 5.74) is 1.28. The van der Waals surface area contributed by atoms with E-state index in [0.717, 1.165) is 17.5 Å². The van der Waals surface area contributed by atoms with Crippen molar-refractivity contribution < 1.29 is 14.4 Å². The van der Waals surface area contributed by atoms with E-state index < -0.39 is 5.60 Å². The van der Waals surface area contributed by atoms with Crippen molar-refractivity contribution in [2.45, 2.75) is 25.4 Å². The maximum Gasteiger partial charge on any atom is 0.273 e. The van der Waals surface area contributed by atoms with Crippen molar-refractivity contribution in [1.29, 1.82) is 0 Å². The average molecular weight is 272 g/mol. The predicted octanol–water partition coefficient (Wildman–Crippen LogP) is 1.55. The van der Waals surface area contributed by atoms with Crippen LogP contribution in [0.1, 0.15) is 33.8 Å². The van der Waals surface area contributed by atoms with Crippen molar-refractivity contribution in [2.24, 2.45) is 0 Å². The number of aromatic nitrogens is 1. The molecule has 1 heterocycles. The van der Waals surface area contributed by atoms with Gasteiger partial charge in [0.15, 0.2) is 5.69 Å². The van der Waals surface area contributed by atoms with Crippen LogP contribution in [0, 0.1) is 6.92 Å². The second-order valence-electron chi connectivity index (χ2n) is 5.19. The monoisotopic (exact) mass is 272 g/mol. The van der Waals surface area contributed by atoms with E-state index in [1.165, 1.54) is 0 Å². The molecular weight excluding hydrogens is 256 g/mol. The van der Waals surface area contributed by atoms with E-state index in [0.29, 0.717) is 12.2 Å². The lowest BCUT2D eigenvalue weighted by atomic mass is 9.96. The van der Waals surface area contributed by atoms with Crippen molar-refractivity contribution >= 4 is 5.91 Å². The molecule has 1 aliphatic carbocycles. The second kappa shape index (κ2) is 4.76. The van der Waals surface area contributed by atoms with Gasteiger partial charge in [-0.2, -0.15) is 0 Å². The molecule has 0 saturated heterocycles. The quantitative estimate of drug-likeness (QED) is 0.889. The van der Waals surface area contributed by atoms with Crippen LogP contribution in [0.3, 0.4) is 0 Å². The van der Waals surface area contributed by atoms with Crippen LogP contribution in [-0.4, -0.2) is 22.7 Å². The number of hydrogen-bond donors (Lipinski definition) is 2. The van der Waals surface area contributed by atoms with E-state index in [2.05, 4.69) is 10.5 Å². The Balaban J connectivity index is 1.71. The zero-order chi connectivity index (χ0) is 14.2. The number of aliphatic hydroxyl groups is 1. The van der Waals surface area contributed by atoms with Crippen LogP contribution in [-0.2, 0) is 12.0 Å². The molecule has 1 aliphatic rings. The Kier molecular flexibility index (Phi) is 3.06. The molecule has 3 rings (SSSR count). The average Bonchev–Trinajstić information content (AvgIpc) is 3.02. The highest BCUT2D eigenvalue weighted by molar-refractivity contribution is 5.92. The maximum atomic E-state index is 11.9. The highest BCUT2D eigenvalue weighted by Crippen LogP contribution is 2.36. The first-order valence-corrected chi connectivity index (χ1v) is 6.61. The number of fused-ring (bicyclic) bond motifs is 1. The molecule has 0 radical (unpaired) electrons. The lowest BCUT2D eigenvalue weighted by molar-refractivity contribution is 0.0368. The van der Waals surface area contributed by atoms with Crippen LogP contribution in [0.2, 0.25) is 0 Å². The summed E-state index contributed by atoms with van der Waals surface area (Å²) in [5, 5.41) is 17.1. The van der Waals surface area contributed by atoms with Gasteiger partial charge in [0, 0.05) is 6.07 Å². The number of amides is 1. The summed E-state index contributed by atoms with van der Waals surface area (Å²) in [7, 11) is 0. The topological polar surface area (TPSA) is 75.4 Å². The summed E-state index contributed by atoms with van der Waals surface area (Å²) in [6.07, 6.45) is 1.44. The van der Waals surface area contributed by atoms with Crippen molar-refractivity contribution in [2.75, 3.05) is 6.54 Å². The Hall–Kier alpha value is -2.14. The summed E-state index contributed by atoms with van der Waals surface area (Å²) in [6, 6.07) is 9.35. The van der Waals surface area contributed by atoms with Crippen molar-refractivity contribution in [3.63, 3.8) is 0 Å². The number of nitrogens with zero attached hydrogens (tertiary/aromatic N) is 1. The van der Waals surface area contributed by atoms with Crippen LogP contribution in [0.15, 0.2) is 34.9 Å². The molecule has 0 saturated carbocycles. The molecule has 1 amide bonds. The normalized spacial score (nSPS) is 20.7. The first kappa shape index (κ1) is 12.9. The summed E-state index contributed by atoms with van der Waals surface area (Å²) >= 11 is 0. The van der Waals surface area contributed by atoms with Crippen molar-refractivity contribution in [3.8, 4) is 0 Å². The van der Waals surface area contributed by atoms with Gasteiger partial charge < -0.3 is 14.9 Å². The molecule has 1 atom stereocenters. The van der Waals surface area contributed by atoms with Crippen LogP contribution in [0.5, 0.6) is 0 Å². The number of aryl methyl sites for hydroxylation is 2. The molecule has 0 spiro atoms. The van der Waals surface area contributed by atoms with Crippen LogP contribution >= 0.6 is 0 Å². The minimum Gasteiger partial charge on any atom is -0.383 e. The third-order valence-corrected chi connectivity index (χ3v) is 3.73. The summed E-state index contributed by atoms with van der Waals surface area (Å²) in [5.74, 6) is 0.250. The highest BCUT2D eigenvalue weighted by atomic mass is 16.5. The number of carbonyl (C=O) groups excluding carboxylic acids is 1. The molecule has 2 N–H and O–H groups in total. The summed E-state index contributed by atoms with van der Waals surface area (Å²) in [6.45, 7) is 1.90. The highest BCUT2D eigenvalue weighted by Gasteiger charge is 2.36. The van der Waals surface area contributed by atoms with Gasteiger partial charge in [0.2, 0.25) is 0 Å². The van der Waals surface area contributed by atoms with Gasteiger partial charge in [-0.05, 0) is 30.9 Å². The van der Waals surface area contributed by atoms with Gasteiger partial charge in [-0.3, -0.25) is 4.79 Å². The van der Waals surface area contributed by atoms with Crippen LogP contribution < -0.4 is 5.32 Å². The molecule has 0 fully saturated rings. The van der Waals surface area contributed by atoms with E-state index in [1.54, 1.807) is 13.0 Å². The van der Waals surface area contributed by atoms with Gasteiger partial charge in [0.25, 0.3) is 5.91 Å². The number of carbonyl (C=O) groups is 1. The lowest BCUT2D eigenvalue weighted by Crippen LogP contribution is -2.39. The smallest absolute Gasteiger partial charge is 0.273 e. The fourth-order valence-corrected chi connectivity index (χ4v) is 2.64. The van der Waals surface area contributed by atoms with E-state index in [-0.39, 0.29) is 18.1 Å². The van der Waals surface area contributed by atoms with Gasteiger partial charge in [-0.25, -0.2) is 0 Å². The van der Waals surface area contributed by atoms with Gasteiger partial charge >= 0.3 is 0 Å². The molecule has 104 valence electrons. The number of nitrogens with one attached hydrogen (secondary N) is 1. The Morgan fingerprint density at radius 1 is 1.50 bits per heavy atom. The van der Waals surface area contributed by atoms with Crippen molar-refractivity contribution in [1.82, 2.24) is 10.5 Å². The number of rotatable bonds is 3. The number of benzene rings is 1. The third-order valence-electron chi connectivity index (χ3n) is 3.73. The molecule has 1 aromatic heterocycles. The fourth-order valence-electron chi connectivity index (χ4n) is 2.64. The molecule has 5 nitrogen and oxygen atoms in total. The Morgan fingerprint density at radius 2 is 2.30 bits per heavy atom. The second-order valence-corrected chi connectivity index (χ2v) is 5.19. The molecule has 20 heavy (non-hydrogen) atoms. The molecule has 0 bridgehead atoms. The van der Waals surface area contributed by atoms with E-state index >= 15 is 0 Å². The molecule has 2 aromatic rings. The van der Waals surface area contributed by atoms with Gasteiger partial charge in [-0.1, -0.05) is 29.4 Å². The minimum atomic E-state index is -0.995. The van der Waals surface area contributed by atoms with Crippen LogP contribution in [0.4, 0.5) is 0 Å². The molecule has 5 heteroatoms. The zero-order valence-corrected chi connectivity index (χ0v) is 11.2. The van der Waals surface area contributed by atoms with E-state index in [9.17, 15) is 9.90 Å². The standard InChI is InChI=1S/C15H16N2O3/c1-10-8-13(17-20-10)14(18)16-9-15(19)7-6-11-4-2-3-5-12(11)15/h2-5,8,19H,6-7,9H2,1H3,(H,16,18). The van der Waals surface area contributed by atoms with Crippen molar-refractivity contribution in [3.05, 3.63) is 52.9 Å². The molecule has 0 aliphatic heterocycles. The maximum absolute atomic E-state index is 11.9. The van der Waals surface area contributed by atoms with Gasteiger partial charge in [0.1, 0.15) is 11.4 Å². The van der Waals surface area contributed by atoms with E-state index in [4.69, 9.17) is 4.52 Å². The number of hydrogen-bond acceptors (Lipinski definition) is 4. The Labute approximate surface area is 116 Å². The third kappa shape index (κ3) is 2.20. The predicted molar refractivity (Wildman–Crippen MR) is 72.2 cm³/mol. The first-order chi connectivity index (χ1) is 9.58. The van der Waals surface area contributed by atoms with Crippen LogP contribution in [0.25, 0.3) is 0 Å². The van der Waals surface area contributed by atoms with E-state index in [1.807, 2.05) is 24.3 Å². The summed E-state index contributed by atoms with van der Waals surface area (Å²) < 4.78 is 4.87. The zero-order valence-electron chi connectivity index (χ0n) is 11.2. The molecular formula is C15H16N2O3. The largest absolute Gasteiger partial charge is 0.383 e. The summed E-state index contributed by atoms with van der Waals surface area (Å²) in [4.78, 5) is 11.9. The SMILES string of the molecule is Cc1cc(C(=O)NCC2(O)CCc3ccccc32)no1. The Bertz CT molecular complexity index is 650. The lowest BCUT2D eigenvalue weighted by Gasteiger charge is -2.24. The van der Waals surface area contributed by atoms with Gasteiger partial charge in [-0.15, -0.1) is 0 Å². The minimum absolute atomic E-state index is 0.175. The molecule has 1 aromatic carbocycles.